The monoisotopic (exact) mass is 573 g/mol. The van der Waals surface area contributed by atoms with Crippen molar-refractivity contribution in [2.45, 2.75) is 45.2 Å². The smallest absolute Gasteiger partial charge is 0.306 e. The summed E-state index contributed by atoms with van der Waals surface area (Å²) in [6, 6.07) is 20.4. The second kappa shape index (κ2) is 12.7. The van der Waals surface area contributed by atoms with Crippen LogP contribution in [0, 0.1) is 17.7 Å². The lowest BCUT2D eigenvalue weighted by Crippen LogP contribution is -2.53. The highest BCUT2D eigenvalue weighted by atomic mass is 19.1. The largest absolute Gasteiger partial charge is 0.481 e. The zero-order chi connectivity index (χ0) is 29.8. The summed E-state index contributed by atoms with van der Waals surface area (Å²) in [5, 5.41) is 12.4. The van der Waals surface area contributed by atoms with Gasteiger partial charge in [0.15, 0.2) is 0 Å². The molecule has 3 aromatic carbocycles. The van der Waals surface area contributed by atoms with Crippen molar-refractivity contribution in [3.05, 3.63) is 89.7 Å². The van der Waals surface area contributed by atoms with E-state index in [-0.39, 0.29) is 48.1 Å². The molecular formula is C33H36FN3O5. The van der Waals surface area contributed by atoms with Crippen LogP contribution in [0.2, 0.25) is 0 Å². The fourth-order valence-corrected chi connectivity index (χ4v) is 6.00. The number of nitrogens with zero attached hydrogens (tertiary/aromatic N) is 2. The molecule has 0 bridgehead atoms. The molecule has 0 saturated carbocycles. The van der Waals surface area contributed by atoms with E-state index in [4.69, 9.17) is 4.74 Å². The topological polar surface area (TPSA) is 99.2 Å². The summed E-state index contributed by atoms with van der Waals surface area (Å²) in [7, 11) is 0. The first kappa shape index (κ1) is 29.3. The van der Waals surface area contributed by atoms with Crippen LogP contribution in [0.5, 0.6) is 11.5 Å². The molecule has 42 heavy (non-hydrogen) atoms. The minimum absolute atomic E-state index is 0.0314. The Balaban J connectivity index is 1.39. The minimum Gasteiger partial charge on any atom is -0.481 e. The molecule has 1 saturated heterocycles. The molecule has 8 nitrogen and oxygen atoms in total. The standard InChI is InChI=1S/C33H36FN3O5/c1-21(30(18-23-6-4-3-5-7-23)36-16-14-24(15-17-36)33(40)41)22(2)37-20-31(38)35-29-13-12-27(19-28(29)32(37)39)42-26-10-8-25(34)9-11-26/h3-13,19,21-22,24,30H,14-18,20H2,1-2H3,(H,35,38)(H,40,41). The number of piperidine rings is 1. The van der Waals surface area contributed by atoms with Gasteiger partial charge in [0.1, 0.15) is 23.9 Å². The van der Waals surface area contributed by atoms with Gasteiger partial charge in [0, 0.05) is 12.1 Å². The Morgan fingerprint density at radius 3 is 2.33 bits per heavy atom. The van der Waals surface area contributed by atoms with E-state index in [1.54, 1.807) is 23.1 Å². The van der Waals surface area contributed by atoms with Crippen LogP contribution >= 0.6 is 0 Å². The average Bonchev–Trinajstić information content (AvgIpc) is 3.12. The lowest BCUT2D eigenvalue weighted by Gasteiger charge is -2.43. The van der Waals surface area contributed by atoms with E-state index < -0.39 is 5.97 Å². The maximum Gasteiger partial charge on any atom is 0.306 e. The summed E-state index contributed by atoms with van der Waals surface area (Å²) in [6.45, 7) is 5.31. The SMILES string of the molecule is CC(C(Cc1ccccc1)N1CCC(C(=O)O)CC1)C(C)N1CC(=O)Nc2ccc(Oc3ccc(F)cc3)cc2C1=O. The zero-order valence-corrected chi connectivity index (χ0v) is 23.8. The molecule has 2 N–H and O–H groups in total. The van der Waals surface area contributed by atoms with E-state index >= 15 is 0 Å². The number of carbonyl (C=O) groups excluding carboxylic acids is 2. The van der Waals surface area contributed by atoms with Crippen molar-refractivity contribution in [1.29, 1.82) is 0 Å². The molecule has 2 heterocycles. The van der Waals surface area contributed by atoms with Crippen LogP contribution in [0.1, 0.15) is 42.6 Å². The quantitative estimate of drug-likeness (QED) is 0.354. The van der Waals surface area contributed by atoms with Gasteiger partial charge in [0.25, 0.3) is 5.91 Å². The summed E-state index contributed by atoms with van der Waals surface area (Å²) >= 11 is 0. The van der Waals surface area contributed by atoms with E-state index in [2.05, 4.69) is 29.3 Å². The molecule has 2 aliphatic heterocycles. The molecule has 3 aromatic rings. The Bertz CT molecular complexity index is 1420. The molecule has 3 atom stereocenters. The first-order valence-electron chi connectivity index (χ1n) is 14.4. The number of anilines is 1. The van der Waals surface area contributed by atoms with E-state index in [0.29, 0.717) is 48.7 Å². The Morgan fingerprint density at radius 1 is 1.00 bits per heavy atom. The van der Waals surface area contributed by atoms with Crippen LogP contribution < -0.4 is 10.1 Å². The lowest BCUT2D eigenvalue weighted by molar-refractivity contribution is -0.143. The highest BCUT2D eigenvalue weighted by Gasteiger charge is 2.38. The molecule has 0 aromatic heterocycles. The molecule has 5 rings (SSSR count). The van der Waals surface area contributed by atoms with Gasteiger partial charge in [-0.2, -0.15) is 0 Å². The molecule has 3 unspecified atom stereocenters. The second-order valence-corrected chi connectivity index (χ2v) is 11.2. The second-order valence-electron chi connectivity index (χ2n) is 11.2. The van der Waals surface area contributed by atoms with Crippen molar-refractivity contribution in [3.63, 3.8) is 0 Å². The fraction of sp³-hybridized carbons (Fsp3) is 0.364. The number of amides is 2. The van der Waals surface area contributed by atoms with Gasteiger partial charge < -0.3 is 20.1 Å². The van der Waals surface area contributed by atoms with Gasteiger partial charge in [-0.05, 0) is 93.2 Å². The number of benzene rings is 3. The molecule has 220 valence electrons. The molecule has 0 spiro atoms. The predicted octanol–water partition coefficient (Wildman–Crippen LogP) is 5.44. The van der Waals surface area contributed by atoms with E-state index in [1.165, 1.54) is 24.3 Å². The molecule has 2 aliphatic rings. The van der Waals surface area contributed by atoms with Crippen LogP contribution in [0.15, 0.2) is 72.8 Å². The Kier molecular flexibility index (Phi) is 8.87. The number of hydrogen-bond acceptors (Lipinski definition) is 5. The number of halogens is 1. The number of carboxylic acid groups (broad SMARTS) is 1. The first-order valence-corrected chi connectivity index (χ1v) is 14.4. The van der Waals surface area contributed by atoms with Crippen molar-refractivity contribution in [1.82, 2.24) is 9.80 Å². The average molecular weight is 574 g/mol. The van der Waals surface area contributed by atoms with Crippen molar-refractivity contribution >= 4 is 23.5 Å². The number of aliphatic carboxylic acids is 1. The zero-order valence-electron chi connectivity index (χ0n) is 23.8. The number of fused-ring (bicyclic) bond motifs is 1. The number of carboxylic acids is 1. The number of carbonyl (C=O) groups is 3. The highest BCUT2D eigenvalue weighted by Crippen LogP contribution is 2.32. The Morgan fingerprint density at radius 2 is 1.67 bits per heavy atom. The molecule has 1 fully saturated rings. The van der Waals surface area contributed by atoms with Crippen molar-refractivity contribution in [2.75, 3.05) is 25.0 Å². The predicted molar refractivity (Wildman–Crippen MR) is 157 cm³/mol. The van der Waals surface area contributed by atoms with Gasteiger partial charge in [-0.15, -0.1) is 0 Å². The van der Waals surface area contributed by atoms with Gasteiger partial charge in [-0.1, -0.05) is 37.3 Å². The van der Waals surface area contributed by atoms with E-state index in [0.717, 1.165) is 12.0 Å². The summed E-state index contributed by atoms with van der Waals surface area (Å²) in [6.07, 6.45) is 1.90. The van der Waals surface area contributed by atoms with Crippen molar-refractivity contribution < 1.29 is 28.6 Å². The van der Waals surface area contributed by atoms with Crippen molar-refractivity contribution in [2.24, 2.45) is 11.8 Å². The number of likely N-dealkylation sites (tertiary alicyclic amines) is 1. The van der Waals surface area contributed by atoms with Gasteiger partial charge in [-0.3, -0.25) is 19.3 Å². The molecule has 0 radical (unpaired) electrons. The highest BCUT2D eigenvalue weighted by molar-refractivity contribution is 6.08. The van der Waals surface area contributed by atoms with Gasteiger partial charge >= 0.3 is 5.97 Å². The summed E-state index contributed by atoms with van der Waals surface area (Å²) in [5.41, 5.74) is 1.89. The Hall–Kier alpha value is -4.24. The van der Waals surface area contributed by atoms with Gasteiger partial charge in [0.05, 0.1) is 17.2 Å². The fourth-order valence-electron chi connectivity index (χ4n) is 6.00. The molecule has 0 aliphatic carbocycles. The van der Waals surface area contributed by atoms with Gasteiger partial charge in [-0.25, -0.2) is 4.39 Å². The maximum atomic E-state index is 14.0. The van der Waals surface area contributed by atoms with Crippen LogP contribution in [0.4, 0.5) is 10.1 Å². The summed E-state index contributed by atoms with van der Waals surface area (Å²) in [5.74, 6) is -1.25. The van der Waals surface area contributed by atoms with Crippen LogP contribution in [0.3, 0.4) is 0 Å². The molecular weight excluding hydrogens is 537 g/mol. The number of nitrogens with one attached hydrogen (secondary N) is 1. The molecule has 9 heteroatoms. The van der Waals surface area contributed by atoms with Crippen LogP contribution in [0.25, 0.3) is 0 Å². The number of rotatable bonds is 9. The normalized spacial score (nSPS) is 18.4. The van der Waals surface area contributed by atoms with Crippen LogP contribution in [-0.4, -0.2) is 64.4 Å². The lowest BCUT2D eigenvalue weighted by atomic mass is 9.85. The molecule has 2 amide bonds. The number of ether oxygens (including phenoxy) is 1. The third-order valence-corrected chi connectivity index (χ3v) is 8.61. The maximum absolute atomic E-state index is 14.0. The van der Waals surface area contributed by atoms with E-state index in [1.807, 2.05) is 25.1 Å². The third-order valence-electron chi connectivity index (χ3n) is 8.61. The van der Waals surface area contributed by atoms with Gasteiger partial charge in [0.2, 0.25) is 5.91 Å². The summed E-state index contributed by atoms with van der Waals surface area (Å²) in [4.78, 5) is 42.5. The minimum atomic E-state index is -0.752. The summed E-state index contributed by atoms with van der Waals surface area (Å²) < 4.78 is 19.2. The van der Waals surface area contributed by atoms with Crippen molar-refractivity contribution in [3.8, 4) is 11.5 Å². The number of hydrogen-bond donors (Lipinski definition) is 2. The Labute approximate surface area is 245 Å². The van der Waals surface area contributed by atoms with Crippen LogP contribution in [-0.2, 0) is 16.0 Å². The third kappa shape index (κ3) is 6.62. The first-order chi connectivity index (χ1) is 20.2. The van der Waals surface area contributed by atoms with E-state index in [9.17, 15) is 23.9 Å².